The average molecular weight is 403 g/mol. The molecule has 0 radical (unpaired) electrons. The summed E-state index contributed by atoms with van der Waals surface area (Å²) in [5.74, 6) is -9.70. The Hall–Kier alpha value is -1.86. The molecule has 2 aromatic carbocycles. The van der Waals surface area contributed by atoms with E-state index in [1.165, 1.54) is 12.1 Å². The molecular formula is C19H12ClF5O2. The molecule has 27 heavy (non-hydrogen) atoms. The van der Waals surface area contributed by atoms with E-state index in [4.69, 9.17) is 16.3 Å². The summed E-state index contributed by atoms with van der Waals surface area (Å²) in [5, 5.41) is 10.7. The third-order valence-electron chi connectivity index (χ3n) is 5.87. The van der Waals surface area contributed by atoms with Crippen LogP contribution in [0, 0.1) is 5.82 Å². The number of fused-ring (bicyclic) bond motifs is 1. The van der Waals surface area contributed by atoms with Crippen LogP contribution in [0.5, 0.6) is 11.5 Å². The summed E-state index contributed by atoms with van der Waals surface area (Å²) in [6.07, 6.45) is 0.469. The van der Waals surface area contributed by atoms with Crippen LogP contribution in [0.25, 0.3) is 0 Å². The van der Waals surface area contributed by atoms with Gasteiger partial charge in [0.25, 0.3) is 0 Å². The first-order valence-electron chi connectivity index (χ1n) is 8.32. The van der Waals surface area contributed by atoms with Gasteiger partial charge in [-0.25, -0.2) is 4.39 Å². The van der Waals surface area contributed by atoms with Gasteiger partial charge in [0, 0.05) is 33.2 Å². The number of rotatable bonds is 2. The molecule has 2 nitrogen and oxygen atoms in total. The molecule has 1 atom stereocenters. The lowest BCUT2D eigenvalue weighted by Crippen LogP contribution is -2.48. The highest BCUT2D eigenvalue weighted by Gasteiger charge is 2.81. The Kier molecular flexibility index (Phi) is 3.04. The quantitative estimate of drug-likeness (QED) is 0.659. The first-order valence-corrected chi connectivity index (χ1v) is 8.70. The van der Waals surface area contributed by atoms with E-state index >= 15 is 0 Å². The number of benzene rings is 2. The van der Waals surface area contributed by atoms with Crippen molar-refractivity contribution in [3.63, 3.8) is 0 Å². The zero-order chi connectivity index (χ0) is 19.4. The lowest BCUT2D eigenvalue weighted by Gasteiger charge is -2.31. The zero-order valence-corrected chi connectivity index (χ0v) is 14.4. The van der Waals surface area contributed by atoms with Crippen LogP contribution in [-0.2, 0) is 16.9 Å². The molecule has 3 aliphatic rings. The summed E-state index contributed by atoms with van der Waals surface area (Å²) in [6, 6.07) is 5.47. The molecule has 8 heteroatoms. The second kappa shape index (κ2) is 4.75. The maximum absolute atomic E-state index is 14.5. The predicted molar refractivity (Wildman–Crippen MR) is 86.2 cm³/mol. The van der Waals surface area contributed by atoms with Gasteiger partial charge in [-0.3, -0.25) is 0 Å². The van der Waals surface area contributed by atoms with E-state index < -0.39 is 46.2 Å². The fourth-order valence-electron chi connectivity index (χ4n) is 4.54. The Labute approximate surface area is 155 Å². The van der Waals surface area contributed by atoms with Gasteiger partial charge in [0.2, 0.25) is 0 Å². The standard InChI is InChI=1S/C19H12ClF5O2/c20-9-5-10(21)7-11(6-9)27-13-2-1-12-14-15(13)16(3-4-16)8-17(14,26)19(24,25)18(12,22)23/h1-2,5-7,26H,3-4,8H2. The molecule has 1 N–H and O–H groups in total. The van der Waals surface area contributed by atoms with Crippen LogP contribution < -0.4 is 4.74 Å². The van der Waals surface area contributed by atoms with Crippen molar-refractivity contribution in [1.82, 2.24) is 0 Å². The van der Waals surface area contributed by atoms with Gasteiger partial charge in [0.15, 0.2) is 5.60 Å². The van der Waals surface area contributed by atoms with Gasteiger partial charge >= 0.3 is 11.8 Å². The SMILES string of the molecule is OC12CC3(CC3)c3c(Oc4cc(F)cc(Cl)c4)ccc(c31)C(F)(F)C2(F)F. The van der Waals surface area contributed by atoms with Crippen molar-refractivity contribution < 1.29 is 31.8 Å². The van der Waals surface area contributed by atoms with Crippen LogP contribution in [0.1, 0.15) is 36.0 Å². The van der Waals surface area contributed by atoms with Gasteiger partial charge in [-0.05, 0) is 43.5 Å². The van der Waals surface area contributed by atoms with Crippen LogP contribution in [0.15, 0.2) is 30.3 Å². The Morgan fingerprint density at radius 1 is 1.00 bits per heavy atom. The van der Waals surface area contributed by atoms with Gasteiger partial charge in [-0.15, -0.1) is 0 Å². The highest BCUT2D eigenvalue weighted by Crippen LogP contribution is 2.74. The second-order valence-electron chi connectivity index (χ2n) is 7.53. The summed E-state index contributed by atoms with van der Waals surface area (Å²) >= 11 is 5.80. The molecule has 5 rings (SSSR count). The zero-order valence-electron chi connectivity index (χ0n) is 13.6. The van der Waals surface area contributed by atoms with Crippen molar-refractivity contribution >= 4 is 11.6 Å². The number of hydrogen-bond acceptors (Lipinski definition) is 2. The molecule has 0 heterocycles. The fourth-order valence-corrected chi connectivity index (χ4v) is 4.75. The molecule has 1 spiro atoms. The van der Waals surface area contributed by atoms with Crippen molar-refractivity contribution in [2.75, 3.05) is 0 Å². The number of hydrogen-bond donors (Lipinski definition) is 1. The molecule has 3 aliphatic carbocycles. The first kappa shape index (κ1) is 17.3. The highest BCUT2D eigenvalue weighted by molar-refractivity contribution is 6.30. The molecule has 0 aromatic heterocycles. The minimum atomic E-state index is -4.62. The van der Waals surface area contributed by atoms with Gasteiger partial charge in [0.1, 0.15) is 17.3 Å². The molecular weight excluding hydrogens is 391 g/mol. The summed E-state index contributed by atoms with van der Waals surface area (Å²) in [7, 11) is 0. The normalized spacial score (nSPS) is 27.7. The minimum absolute atomic E-state index is 0.0129. The summed E-state index contributed by atoms with van der Waals surface area (Å²) in [4.78, 5) is 0. The van der Waals surface area contributed by atoms with E-state index in [0.717, 1.165) is 18.2 Å². The third kappa shape index (κ3) is 1.94. The maximum atomic E-state index is 14.5. The van der Waals surface area contributed by atoms with E-state index in [1.54, 1.807) is 0 Å². The van der Waals surface area contributed by atoms with Gasteiger partial charge < -0.3 is 9.84 Å². The number of alkyl halides is 4. The lowest BCUT2D eigenvalue weighted by molar-refractivity contribution is -0.287. The van der Waals surface area contributed by atoms with Crippen molar-refractivity contribution in [3.05, 3.63) is 57.9 Å². The predicted octanol–water partition coefficient (Wildman–Crippen LogP) is 5.64. The number of aliphatic hydroxyl groups is 1. The van der Waals surface area contributed by atoms with Crippen molar-refractivity contribution in [3.8, 4) is 11.5 Å². The highest BCUT2D eigenvalue weighted by atomic mass is 35.5. The Bertz CT molecular complexity index is 982. The fraction of sp³-hybridized carbons (Fsp3) is 0.368. The molecule has 142 valence electrons. The van der Waals surface area contributed by atoms with Crippen molar-refractivity contribution in [1.29, 1.82) is 0 Å². The largest absolute Gasteiger partial charge is 0.457 e. The molecule has 1 unspecified atom stereocenters. The average Bonchev–Trinajstić information content (AvgIpc) is 3.23. The summed E-state index contributed by atoms with van der Waals surface area (Å²) in [5.41, 5.74) is -4.93. The maximum Gasteiger partial charge on any atom is 0.346 e. The Morgan fingerprint density at radius 2 is 1.70 bits per heavy atom. The molecule has 1 saturated carbocycles. The van der Waals surface area contributed by atoms with Gasteiger partial charge in [-0.1, -0.05) is 11.6 Å². The number of halogens is 6. The van der Waals surface area contributed by atoms with Crippen LogP contribution in [-0.4, -0.2) is 11.0 Å². The molecule has 0 saturated heterocycles. The monoisotopic (exact) mass is 402 g/mol. The Morgan fingerprint density at radius 3 is 2.33 bits per heavy atom. The van der Waals surface area contributed by atoms with E-state index in [2.05, 4.69) is 0 Å². The second-order valence-corrected chi connectivity index (χ2v) is 7.97. The molecule has 1 fully saturated rings. The lowest BCUT2D eigenvalue weighted by atomic mass is 9.90. The van der Waals surface area contributed by atoms with Crippen LogP contribution in [0.3, 0.4) is 0 Å². The van der Waals surface area contributed by atoms with E-state index in [1.807, 2.05) is 0 Å². The third-order valence-corrected chi connectivity index (χ3v) is 6.09. The van der Waals surface area contributed by atoms with Crippen LogP contribution in [0.4, 0.5) is 22.0 Å². The van der Waals surface area contributed by atoms with Crippen LogP contribution in [0.2, 0.25) is 5.02 Å². The topological polar surface area (TPSA) is 29.5 Å². The molecule has 0 amide bonds. The summed E-state index contributed by atoms with van der Waals surface area (Å²) < 4.78 is 76.9. The molecule has 0 aliphatic heterocycles. The van der Waals surface area contributed by atoms with Gasteiger partial charge in [0.05, 0.1) is 0 Å². The smallest absolute Gasteiger partial charge is 0.346 e. The first-order chi connectivity index (χ1) is 12.5. The van der Waals surface area contributed by atoms with Gasteiger partial charge in [-0.2, -0.15) is 17.6 Å². The van der Waals surface area contributed by atoms with Crippen LogP contribution >= 0.6 is 11.6 Å². The summed E-state index contributed by atoms with van der Waals surface area (Å²) in [6.45, 7) is 0. The minimum Gasteiger partial charge on any atom is -0.457 e. The molecule has 0 bridgehead atoms. The van der Waals surface area contributed by atoms with E-state index in [9.17, 15) is 27.1 Å². The number of ether oxygens (including phenoxy) is 1. The van der Waals surface area contributed by atoms with Crippen molar-refractivity contribution in [2.24, 2.45) is 0 Å². The van der Waals surface area contributed by atoms with Crippen molar-refractivity contribution in [2.45, 2.75) is 42.1 Å². The van der Waals surface area contributed by atoms with E-state index in [-0.39, 0.29) is 22.1 Å². The Balaban J connectivity index is 1.72. The van der Waals surface area contributed by atoms with E-state index in [0.29, 0.717) is 12.8 Å². The molecule has 2 aromatic rings.